The van der Waals surface area contributed by atoms with Crippen LogP contribution in [-0.2, 0) is 9.47 Å². The Labute approximate surface area is 198 Å². The maximum atomic E-state index is 13.6. The van der Waals surface area contributed by atoms with E-state index in [1.54, 1.807) is 48.2 Å². The third-order valence-electron chi connectivity index (χ3n) is 5.48. The summed E-state index contributed by atoms with van der Waals surface area (Å²) >= 11 is 1.57. The first kappa shape index (κ1) is 24.6. The van der Waals surface area contributed by atoms with E-state index < -0.39 is 17.6 Å². The van der Waals surface area contributed by atoms with Crippen molar-refractivity contribution in [3.8, 4) is 0 Å². The zero-order chi connectivity index (χ0) is 23.5. The number of hydrogen-bond donors (Lipinski definition) is 2. The summed E-state index contributed by atoms with van der Waals surface area (Å²) in [5.74, 6) is 0.447. The second kappa shape index (κ2) is 12.3. The fraction of sp³-hybridized carbons (Fsp3) is 0.400. The van der Waals surface area contributed by atoms with Crippen LogP contribution in [-0.4, -0.2) is 43.5 Å². The minimum Gasteiger partial charge on any atom is -0.448 e. The molecule has 2 amide bonds. The lowest BCUT2D eigenvalue weighted by Crippen LogP contribution is -2.43. The van der Waals surface area contributed by atoms with Crippen molar-refractivity contribution in [1.82, 2.24) is 5.32 Å². The molecule has 33 heavy (non-hydrogen) atoms. The van der Waals surface area contributed by atoms with Crippen LogP contribution in [0, 0.1) is 5.41 Å². The molecular formula is C25H30N2O5S. The van der Waals surface area contributed by atoms with Crippen LogP contribution in [0.25, 0.3) is 0 Å². The lowest BCUT2D eigenvalue weighted by Gasteiger charge is -2.30. The van der Waals surface area contributed by atoms with Crippen LogP contribution in [0.4, 0.5) is 15.3 Å². The van der Waals surface area contributed by atoms with Crippen molar-refractivity contribution in [1.29, 1.82) is 0 Å². The third kappa shape index (κ3) is 6.99. The van der Waals surface area contributed by atoms with Gasteiger partial charge in [-0.1, -0.05) is 56.2 Å². The molecule has 0 saturated carbocycles. The largest absolute Gasteiger partial charge is 0.448 e. The highest BCUT2D eigenvalue weighted by Gasteiger charge is 2.44. The van der Waals surface area contributed by atoms with Gasteiger partial charge in [0.25, 0.3) is 0 Å². The molecule has 0 spiro atoms. The molecule has 176 valence electrons. The van der Waals surface area contributed by atoms with Crippen molar-refractivity contribution in [3.05, 3.63) is 60.2 Å². The van der Waals surface area contributed by atoms with Gasteiger partial charge in [-0.2, -0.15) is 0 Å². The van der Waals surface area contributed by atoms with E-state index in [9.17, 15) is 14.4 Å². The van der Waals surface area contributed by atoms with Crippen molar-refractivity contribution in [3.63, 3.8) is 0 Å². The first-order valence-corrected chi connectivity index (χ1v) is 12.2. The summed E-state index contributed by atoms with van der Waals surface area (Å²) in [6.07, 6.45) is 2.10. The van der Waals surface area contributed by atoms with E-state index in [1.807, 2.05) is 18.2 Å². The van der Waals surface area contributed by atoms with Gasteiger partial charge in [-0.25, -0.2) is 9.59 Å². The van der Waals surface area contributed by atoms with E-state index in [2.05, 4.69) is 17.6 Å². The topological polar surface area (TPSA) is 93.7 Å². The number of thioether (sulfide) groups is 1. The summed E-state index contributed by atoms with van der Waals surface area (Å²) in [5, 5.41) is 5.38. The first-order chi connectivity index (χ1) is 16.0. The van der Waals surface area contributed by atoms with Crippen LogP contribution in [0.15, 0.2) is 59.5 Å². The Morgan fingerprint density at radius 1 is 0.970 bits per heavy atom. The number of amides is 2. The molecule has 0 radical (unpaired) electrons. The lowest BCUT2D eigenvalue weighted by atomic mass is 9.79. The molecule has 3 rings (SSSR count). The number of nitrogens with one attached hydrogen (secondary N) is 2. The summed E-state index contributed by atoms with van der Waals surface area (Å²) in [7, 11) is 0. The van der Waals surface area contributed by atoms with Crippen LogP contribution in [0.2, 0.25) is 0 Å². The Hall–Kier alpha value is -3.00. The zero-order valence-corrected chi connectivity index (χ0v) is 19.6. The van der Waals surface area contributed by atoms with Gasteiger partial charge in [-0.3, -0.25) is 10.1 Å². The van der Waals surface area contributed by atoms with E-state index in [0.717, 1.165) is 24.2 Å². The Morgan fingerprint density at radius 2 is 1.67 bits per heavy atom. The number of benzene rings is 2. The van der Waals surface area contributed by atoms with Gasteiger partial charge in [0.05, 0.1) is 0 Å². The molecular weight excluding hydrogens is 440 g/mol. The highest BCUT2D eigenvalue weighted by Crippen LogP contribution is 2.39. The van der Waals surface area contributed by atoms with E-state index >= 15 is 0 Å². The van der Waals surface area contributed by atoms with Crippen molar-refractivity contribution in [2.75, 3.05) is 30.8 Å². The van der Waals surface area contributed by atoms with Crippen molar-refractivity contribution < 1.29 is 23.9 Å². The molecule has 1 unspecified atom stereocenters. The van der Waals surface area contributed by atoms with E-state index in [0.29, 0.717) is 30.0 Å². The van der Waals surface area contributed by atoms with Crippen LogP contribution < -0.4 is 10.6 Å². The number of alkyl carbamates (subject to hydrolysis) is 1. The van der Waals surface area contributed by atoms with Crippen molar-refractivity contribution >= 4 is 35.4 Å². The number of unbranched alkanes of at least 4 members (excludes halogenated alkanes) is 2. The monoisotopic (exact) mass is 470 g/mol. The summed E-state index contributed by atoms with van der Waals surface area (Å²) < 4.78 is 10.9. The molecule has 1 heterocycles. The van der Waals surface area contributed by atoms with E-state index in [-0.39, 0.29) is 19.0 Å². The SMILES string of the molecule is CCCCCNC(=O)OCC1(COC(=O)Nc2ccccc2)CCSc2ccccc2C1=O. The summed E-state index contributed by atoms with van der Waals surface area (Å²) in [4.78, 5) is 39.1. The molecule has 0 aliphatic carbocycles. The van der Waals surface area contributed by atoms with Gasteiger partial charge in [0.1, 0.15) is 18.6 Å². The van der Waals surface area contributed by atoms with Gasteiger partial charge < -0.3 is 14.8 Å². The van der Waals surface area contributed by atoms with Crippen LogP contribution >= 0.6 is 11.8 Å². The number of anilines is 1. The Bertz CT molecular complexity index is 953. The molecule has 0 fully saturated rings. The van der Waals surface area contributed by atoms with Crippen LogP contribution in [0.3, 0.4) is 0 Å². The molecule has 2 N–H and O–H groups in total. The number of Topliss-reactive ketones (excluding diaryl/α,β-unsaturated/α-hetero) is 1. The molecule has 1 aliphatic rings. The molecule has 2 aromatic carbocycles. The van der Waals surface area contributed by atoms with Gasteiger partial charge >= 0.3 is 12.2 Å². The number of para-hydroxylation sites is 1. The Kier molecular flexibility index (Phi) is 9.18. The smallest absolute Gasteiger partial charge is 0.411 e. The highest BCUT2D eigenvalue weighted by molar-refractivity contribution is 7.99. The average molecular weight is 471 g/mol. The van der Waals surface area contributed by atoms with Crippen molar-refractivity contribution in [2.45, 2.75) is 37.5 Å². The molecule has 8 heteroatoms. The number of ether oxygens (including phenoxy) is 2. The molecule has 2 aromatic rings. The molecule has 1 atom stereocenters. The van der Waals surface area contributed by atoms with E-state index in [1.165, 1.54) is 0 Å². The third-order valence-corrected chi connectivity index (χ3v) is 6.56. The van der Waals surface area contributed by atoms with Gasteiger partial charge in [0.2, 0.25) is 0 Å². The predicted molar refractivity (Wildman–Crippen MR) is 129 cm³/mol. The van der Waals surface area contributed by atoms with Gasteiger partial charge in [-0.05, 0) is 36.8 Å². The fourth-order valence-corrected chi connectivity index (χ4v) is 4.76. The number of ketones is 1. The molecule has 0 bridgehead atoms. The number of carbonyl (C=O) groups excluding carboxylic acids is 3. The maximum absolute atomic E-state index is 13.6. The fourth-order valence-electron chi connectivity index (χ4n) is 3.55. The minimum absolute atomic E-state index is 0.168. The van der Waals surface area contributed by atoms with Gasteiger partial charge in [0.15, 0.2) is 5.78 Å². The second-order valence-electron chi connectivity index (χ2n) is 7.98. The summed E-state index contributed by atoms with van der Waals surface area (Å²) in [6.45, 7) is 2.24. The minimum atomic E-state index is -1.16. The normalized spacial score (nSPS) is 17.4. The second-order valence-corrected chi connectivity index (χ2v) is 9.12. The van der Waals surface area contributed by atoms with Crippen molar-refractivity contribution in [2.24, 2.45) is 5.41 Å². The average Bonchev–Trinajstić information content (AvgIpc) is 2.97. The quantitative estimate of drug-likeness (QED) is 0.469. The Morgan fingerprint density at radius 3 is 2.42 bits per heavy atom. The molecule has 1 aliphatic heterocycles. The lowest BCUT2D eigenvalue weighted by molar-refractivity contribution is 0.0271. The van der Waals surface area contributed by atoms with E-state index in [4.69, 9.17) is 9.47 Å². The summed E-state index contributed by atoms with van der Waals surface area (Å²) in [5.41, 5.74) is -0.0136. The van der Waals surface area contributed by atoms with Crippen LogP contribution in [0.1, 0.15) is 43.0 Å². The van der Waals surface area contributed by atoms with Gasteiger partial charge in [0, 0.05) is 22.7 Å². The summed E-state index contributed by atoms with van der Waals surface area (Å²) in [6, 6.07) is 16.3. The number of hydrogen-bond acceptors (Lipinski definition) is 6. The predicted octanol–water partition coefficient (Wildman–Crippen LogP) is 5.52. The number of rotatable bonds is 9. The maximum Gasteiger partial charge on any atom is 0.411 e. The number of carbonyl (C=O) groups is 3. The Balaban J connectivity index is 1.71. The van der Waals surface area contributed by atoms with Crippen LogP contribution in [0.5, 0.6) is 0 Å². The number of fused-ring (bicyclic) bond motifs is 1. The molecule has 0 saturated heterocycles. The molecule has 7 nitrogen and oxygen atoms in total. The zero-order valence-electron chi connectivity index (χ0n) is 18.8. The first-order valence-electron chi connectivity index (χ1n) is 11.2. The standard InChI is InChI=1S/C25H30N2O5S/c1-2-3-9-15-26-23(29)31-17-25(18-32-24(30)27-19-10-5-4-6-11-19)14-16-33-21-13-8-7-12-20(21)22(25)28/h4-8,10-13H,2-3,9,14-18H2,1H3,(H,26,29)(H,27,30). The van der Waals surface area contributed by atoms with Gasteiger partial charge in [-0.15, -0.1) is 11.8 Å². The highest BCUT2D eigenvalue weighted by atomic mass is 32.2. The molecule has 0 aromatic heterocycles.